The van der Waals surface area contributed by atoms with Crippen molar-refractivity contribution >= 4 is 5.82 Å². The molecule has 0 radical (unpaired) electrons. The van der Waals surface area contributed by atoms with Gasteiger partial charge in [-0.25, -0.2) is 9.97 Å². The highest BCUT2D eigenvalue weighted by Gasteiger charge is 2.24. The third-order valence-corrected chi connectivity index (χ3v) is 4.07. The predicted molar refractivity (Wildman–Crippen MR) is 74.3 cm³/mol. The molecule has 0 saturated carbocycles. The van der Waals surface area contributed by atoms with Gasteiger partial charge in [0.05, 0.1) is 12.3 Å². The molecule has 2 aliphatic rings. The molecular weight excluding hydrogens is 240 g/mol. The van der Waals surface area contributed by atoms with E-state index in [1.54, 1.807) is 13.4 Å². The van der Waals surface area contributed by atoms with Crippen molar-refractivity contribution in [2.45, 2.75) is 25.8 Å². The van der Waals surface area contributed by atoms with Crippen LogP contribution >= 0.6 is 0 Å². The molecule has 1 N–H and O–H groups in total. The van der Waals surface area contributed by atoms with Crippen LogP contribution in [0.25, 0.3) is 0 Å². The molecular formula is C14H22N4O. The van der Waals surface area contributed by atoms with E-state index < -0.39 is 0 Å². The minimum absolute atomic E-state index is 0.626. The third kappa shape index (κ3) is 2.72. The van der Waals surface area contributed by atoms with Crippen molar-refractivity contribution in [3.63, 3.8) is 0 Å². The number of aromatic nitrogens is 2. The van der Waals surface area contributed by atoms with Crippen molar-refractivity contribution in [1.29, 1.82) is 0 Å². The summed E-state index contributed by atoms with van der Waals surface area (Å²) in [7, 11) is 1.79. The van der Waals surface area contributed by atoms with E-state index in [1.165, 1.54) is 24.1 Å². The van der Waals surface area contributed by atoms with E-state index in [1.807, 2.05) is 0 Å². The van der Waals surface area contributed by atoms with E-state index in [2.05, 4.69) is 20.2 Å². The molecule has 0 amide bonds. The molecule has 3 rings (SSSR count). The molecule has 3 heterocycles. The monoisotopic (exact) mass is 262 g/mol. The summed E-state index contributed by atoms with van der Waals surface area (Å²) in [5.74, 6) is 1.76. The Morgan fingerprint density at radius 2 is 2.42 bits per heavy atom. The van der Waals surface area contributed by atoms with Gasteiger partial charge in [-0.15, -0.1) is 0 Å². The number of hydrogen-bond donors (Lipinski definition) is 1. The largest absolute Gasteiger partial charge is 0.384 e. The second kappa shape index (κ2) is 5.84. The zero-order chi connectivity index (χ0) is 13.1. The molecule has 2 aliphatic heterocycles. The Hall–Kier alpha value is -1.20. The first-order valence-electron chi connectivity index (χ1n) is 7.16. The average molecular weight is 262 g/mol. The molecule has 1 aromatic heterocycles. The fourth-order valence-electron chi connectivity index (χ4n) is 3.16. The number of ether oxygens (including phenoxy) is 1. The molecule has 1 unspecified atom stereocenters. The van der Waals surface area contributed by atoms with E-state index in [0.29, 0.717) is 5.92 Å². The van der Waals surface area contributed by atoms with Crippen LogP contribution in [0.1, 0.15) is 24.1 Å². The SMILES string of the molecule is COCC1CCCN(c2ncnc3c2CNCC3)C1. The quantitative estimate of drug-likeness (QED) is 0.880. The summed E-state index contributed by atoms with van der Waals surface area (Å²) < 4.78 is 5.31. The van der Waals surface area contributed by atoms with Gasteiger partial charge >= 0.3 is 0 Å². The van der Waals surface area contributed by atoms with Crippen LogP contribution in [-0.2, 0) is 17.7 Å². The highest BCUT2D eigenvalue weighted by molar-refractivity contribution is 5.49. The average Bonchev–Trinajstić information content (AvgIpc) is 2.47. The smallest absolute Gasteiger partial charge is 0.136 e. The number of fused-ring (bicyclic) bond motifs is 1. The first-order valence-corrected chi connectivity index (χ1v) is 7.16. The number of piperidine rings is 1. The van der Waals surface area contributed by atoms with Gasteiger partial charge in [0, 0.05) is 45.3 Å². The summed E-state index contributed by atoms with van der Waals surface area (Å²) in [4.78, 5) is 11.4. The molecule has 5 nitrogen and oxygen atoms in total. The maximum atomic E-state index is 5.31. The lowest BCUT2D eigenvalue weighted by Crippen LogP contribution is -2.39. The number of rotatable bonds is 3. The number of hydrogen-bond acceptors (Lipinski definition) is 5. The summed E-state index contributed by atoms with van der Waals surface area (Å²) in [5.41, 5.74) is 2.52. The van der Waals surface area contributed by atoms with Gasteiger partial charge in [0.2, 0.25) is 0 Å². The van der Waals surface area contributed by atoms with Crippen LogP contribution in [0.2, 0.25) is 0 Å². The minimum atomic E-state index is 0.626. The van der Waals surface area contributed by atoms with Crippen LogP contribution in [0.5, 0.6) is 0 Å². The van der Waals surface area contributed by atoms with Gasteiger partial charge in [-0.05, 0) is 18.8 Å². The van der Waals surface area contributed by atoms with E-state index in [4.69, 9.17) is 4.74 Å². The summed E-state index contributed by atoms with van der Waals surface area (Å²) >= 11 is 0. The van der Waals surface area contributed by atoms with Crippen LogP contribution in [0.15, 0.2) is 6.33 Å². The Kier molecular flexibility index (Phi) is 3.94. The molecule has 0 spiro atoms. The maximum absolute atomic E-state index is 5.31. The van der Waals surface area contributed by atoms with Gasteiger partial charge < -0.3 is 15.0 Å². The number of anilines is 1. The van der Waals surface area contributed by atoms with Crippen LogP contribution in [0.3, 0.4) is 0 Å². The number of methoxy groups -OCH3 is 1. The van der Waals surface area contributed by atoms with Crippen LogP contribution in [-0.4, -0.2) is 43.3 Å². The molecule has 0 aliphatic carbocycles. The summed E-state index contributed by atoms with van der Waals surface area (Å²) in [5, 5.41) is 3.43. The third-order valence-electron chi connectivity index (χ3n) is 4.07. The number of nitrogens with zero attached hydrogens (tertiary/aromatic N) is 3. The molecule has 104 valence electrons. The highest BCUT2D eigenvalue weighted by Crippen LogP contribution is 2.27. The fraction of sp³-hybridized carbons (Fsp3) is 0.714. The molecule has 1 aromatic rings. The summed E-state index contributed by atoms with van der Waals surface area (Å²) in [6.45, 7) is 4.93. The second-order valence-electron chi connectivity index (χ2n) is 5.46. The summed E-state index contributed by atoms with van der Waals surface area (Å²) in [6.07, 6.45) is 5.22. The lowest BCUT2D eigenvalue weighted by atomic mass is 9.98. The molecule has 1 saturated heterocycles. The first-order chi connectivity index (χ1) is 9.38. The highest BCUT2D eigenvalue weighted by atomic mass is 16.5. The zero-order valence-electron chi connectivity index (χ0n) is 11.6. The molecule has 1 fully saturated rings. The lowest BCUT2D eigenvalue weighted by Gasteiger charge is -2.35. The van der Waals surface area contributed by atoms with Crippen LogP contribution in [0, 0.1) is 5.92 Å². The zero-order valence-corrected chi connectivity index (χ0v) is 11.6. The van der Waals surface area contributed by atoms with Gasteiger partial charge in [0.15, 0.2) is 0 Å². The maximum Gasteiger partial charge on any atom is 0.136 e. The Bertz CT molecular complexity index is 435. The van der Waals surface area contributed by atoms with Gasteiger partial charge in [-0.1, -0.05) is 0 Å². The normalized spacial score (nSPS) is 23.2. The van der Waals surface area contributed by atoms with Gasteiger partial charge in [-0.3, -0.25) is 0 Å². The van der Waals surface area contributed by atoms with E-state index in [-0.39, 0.29) is 0 Å². The van der Waals surface area contributed by atoms with Crippen molar-refractivity contribution < 1.29 is 4.74 Å². The van der Waals surface area contributed by atoms with Gasteiger partial charge in [0.25, 0.3) is 0 Å². The van der Waals surface area contributed by atoms with Gasteiger partial charge in [0.1, 0.15) is 12.1 Å². The number of nitrogens with one attached hydrogen (secondary N) is 1. The van der Waals surface area contributed by atoms with Crippen LogP contribution < -0.4 is 10.2 Å². The lowest BCUT2D eigenvalue weighted by molar-refractivity contribution is 0.143. The van der Waals surface area contributed by atoms with Crippen molar-refractivity contribution in [3.05, 3.63) is 17.6 Å². The fourth-order valence-corrected chi connectivity index (χ4v) is 3.16. The van der Waals surface area contributed by atoms with E-state index >= 15 is 0 Å². The van der Waals surface area contributed by atoms with Crippen LogP contribution in [0.4, 0.5) is 5.82 Å². The topological polar surface area (TPSA) is 50.3 Å². The van der Waals surface area contributed by atoms with Crippen molar-refractivity contribution in [2.75, 3.05) is 38.3 Å². The standard InChI is InChI=1S/C14H22N4O/c1-19-9-11-3-2-6-18(8-11)14-12-7-15-5-4-13(12)16-10-17-14/h10-11,15H,2-9H2,1H3. The minimum Gasteiger partial charge on any atom is -0.384 e. The molecule has 0 aromatic carbocycles. The second-order valence-corrected chi connectivity index (χ2v) is 5.46. The predicted octanol–water partition coefficient (Wildman–Crippen LogP) is 0.985. The molecule has 1 atom stereocenters. The Morgan fingerprint density at radius 1 is 1.47 bits per heavy atom. The molecule has 5 heteroatoms. The van der Waals surface area contributed by atoms with E-state index in [9.17, 15) is 0 Å². The van der Waals surface area contributed by atoms with Crippen molar-refractivity contribution in [1.82, 2.24) is 15.3 Å². The van der Waals surface area contributed by atoms with Crippen molar-refractivity contribution in [3.8, 4) is 0 Å². The first kappa shape index (κ1) is 12.8. The van der Waals surface area contributed by atoms with Gasteiger partial charge in [-0.2, -0.15) is 0 Å². The van der Waals surface area contributed by atoms with E-state index in [0.717, 1.165) is 45.0 Å². The van der Waals surface area contributed by atoms with Crippen molar-refractivity contribution in [2.24, 2.45) is 5.92 Å². The molecule has 19 heavy (non-hydrogen) atoms. The Balaban J connectivity index is 1.81. The Labute approximate surface area is 114 Å². The summed E-state index contributed by atoms with van der Waals surface area (Å²) in [6, 6.07) is 0. The molecule has 0 bridgehead atoms. The Morgan fingerprint density at radius 3 is 3.32 bits per heavy atom.